The van der Waals surface area contributed by atoms with Crippen LogP contribution in [0.15, 0.2) is 18.2 Å². The molecule has 0 aliphatic rings. The van der Waals surface area contributed by atoms with E-state index in [9.17, 15) is 4.79 Å². The number of benzene rings is 1. The van der Waals surface area contributed by atoms with Crippen LogP contribution in [-0.2, 0) is 0 Å². The van der Waals surface area contributed by atoms with Gasteiger partial charge in [0.2, 0.25) is 0 Å². The van der Waals surface area contributed by atoms with Crippen LogP contribution in [0, 0.1) is 6.92 Å². The van der Waals surface area contributed by atoms with Crippen LogP contribution in [0.4, 0.5) is 0 Å². The molecule has 0 saturated carbocycles. The SMILES string of the molecule is CC[C@H](CO)NC(=O)c1ccc(C(C)C)c(C)c1.[HH]. The zero-order chi connectivity index (χ0) is 13.7. The van der Waals surface area contributed by atoms with E-state index in [-0.39, 0.29) is 20.0 Å². The minimum Gasteiger partial charge on any atom is -0.394 e. The van der Waals surface area contributed by atoms with Crippen LogP contribution in [-0.4, -0.2) is 23.7 Å². The van der Waals surface area contributed by atoms with Crippen LogP contribution < -0.4 is 5.32 Å². The number of aliphatic hydroxyl groups excluding tert-OH is 1. The third-order valence-corrected chi connectivity index (χ3v) is 3.20. The summed E-state index contributed by atoms with van der Waals surface area (Å²) < 4.78 is 0. The van der Waals surface area contributed by atoms with Crippen molar-refractivity contribution < 1.29 is 11.3 Å². The number of amides is 1. The first-order chi connectivity index (χ1) is 8.49. The fraction of sp³-hybridized carbons (Fsp3) is 0.533. The molecule has 102 valence electrons. The highest BCUT2D eigenvalue weighted by molar-refractivity contribution is 5.94. The molecule has 1 aromatic rings. The lowest BCUT2D eigenvalue weighted by Crippen LogP contribution is -2.36. The molecular formula is C15H25NO2. The monoisotopic (exact) mass is 251 g/mol. The predicted octanol–water partition coefficient (Wildman–Crippen LogP) is 2.87. The Bertz CT molecular complexity index is 415. The maximum atomic E-state index is 12.0. The number of carbonyl (C=O) groups is 1. The average molecular weight is 251 g/mol. The molecule has 1 atom stereocenters. The van der Waals surface area contributed by atoms with E-state index in [0.29, 0.717) is 11.5 Å². The van der Waals surface area contributed by atoms with Gasteiger partial charge in [0, 0.05) is 6.99 Å². The Morgan fingerprint density at radius 1 is 1.44 bits per heavy atom. The molecule has 0 aliphatic heterocycles. The van der Waals surface area contributed by atoms with E-state index in [1.807, 2.05) is 32.0 Å². The van der Waals surface area contributed by atoms with Gasteiger partial charge in [-0.25, -0.2) is 0 Å². The van der Waals surface area contributed by atoms with Crippen LogP contribution in [0.2, 0.25) is 0 Å². The Hall–Kier alpha value is -1.35. The van der Waals surface area contributed by atoms with E-state index >= 15 is 0 Å². The fourth-order valence-electron chi connectivity index (χ4n) is 2.01. The van der Waals surface area contributed by atoms with Crippen LogP contribution in [0.1, 0.15) is 56.0 Å². The Labute approximate surface area is 111 Å². The Morgan fingerprint density at radius 2 is 2.11 bits per heavy atom. The number of rotatable bonds is 5. The highest BCUT2D eigenvalue weighted by Gasteiger charge is 2.12. The molecule has 0 radical (unpaired) electrons. The first kappa shape index (κ1) is 14.7. The molecule has 1 aromatic carbocycles. The first-order valence-corrected chi connectivity index (χ1v) is 6.51. The summed E-state index contributed by atoms with van der Waals surface area (Å²) in [6.45, 7) is 8.22. The summed E-state index contributed by atoms with van der Waals surface area (Å²) in [6.07, 6.45) is 0.727. The molecule has 0 saturated heterocycles. The van der Waals surface area contributed by atoms with Crippen LogP contribution in [0.3, 0.4) is 0 Å². The van der Waals surface area contributed by atoms with Gasteiger partial charge in [-0.2, -0.15) is 0 Å². The molecule has 3 heteroatoms. The Kier molecular flexibility index (Phi) is 5.35. The van der Waals surface area contributed by atoms with Crippen molar-refractivity contribution in [1.82, 2.24) is 5.32 Å². The summed E-state index contributed by atoms with van der Waals surface area (Å²) in [5, 5.41) is 11.9. The summed E-state index contributed by atoms with van der Waals surface area (Å²) in [6, 6.07) is 5.60. The number of nitrogens with one attached hydrogen (secondary N) is 1. The van der Waals surface area contributed by atoms with Crippen molar-refractivity contribution in [1.29, 1.82) is 0 Å². The van der Waals surface area contributed by atoms with Crippen LogP contribution >= 0.6 is 0 Å². The molecule has 3 nitrogen and oxygen atoms in total. The summed E-state index contributed by atoms with van der Waals surface area (Å²) in [5.74, 6) is 0.345. The van der Waals surface area contributed by atoms with Gasteiger partial charge in [-0.3, -0.25) is 4.79 Å². The molecule has 0 bridgehead atoms. The quantitative estimate of drug-likeness (QED) is 0.845. The highest BCUT2D eigenvalue weighted by atomic mass is 16.3. The average Bonchev–Trinajstić information content (AvgIpc) is 2.34. The van der Waals surface area contributed by atoms with Gasteiger partial charge in [-0.05, 0) is 42.5 Å². The van der Waals surface area contributed by atoms with Gasteiger partial charge < -0.3 is 10.4 Å². The molecule has 0 spiro atoms. The minimum atomic E-state index is -0.164. The third-order valence-electron chi connectivity index (χ3n) is 3.20. The maximum Gasteiger partial charge on any atom is 0.251 e. The number of aliphatic hydroxyl groups is 1. The Balaban J connectivity index is 0.00000324. The molecule has 1 rings (SSSR count). The molecule has 0 unspecified atom stereocenters. The highest BCUT2D eigenvalue weighted by Crippen LogP contribution is 2.20. The topological polar surface area (TPSA) is 49.3 Å². The van der Waals surface area contributed by atoms with Gasteiger partial charge in [0.15, 0.2) is 0 Å². The van der Waals surface area contributed by atoms with Crippen molar-refractivity contribution in [3.05, 3.63) is 34.9 Å². The number of hydrogen-bond acceptors (Lipinski definition) is 2. The summed E-state index contributed by atoms with van der Waals surface area (Å²) in [4.78, 5) is 12.0. The molecular weight excluding hydrogens is 226 g/mol. The van der Waals surface area contributed by atoms with E-state index in [1.165, 1.54) is 5.56 Å². The standard InChI is InChI=1S/C15H23NO2.H2/c1-5-13(9-17)16-15(18)12-6-7-14(10(2)3)11(4)8-12;/h6-8,10,13,17H,5,9H2,1-4H3,(H,16,18);1H/t13-;/m1./s1. The first-order valence-electron chi connectivity index (χ1n) is 6.51. The van der Waals surface area contributed by atoms with Gasteiger partial charge in [-0.15, -0.1) is 0 Å². The van der Waals surface area contributed by atoms with E-state index in [2.05, 4.69) is 19.2 Å². The van der Waals surface area contributed by atoms with Gasteiger partial charge in [0.25, 0.3) is 5.91 Å². The molecule has 0 aromatic heterocycles. The second-order valence-electron chi connectivity index (χ2n) is 4.99. The second kappa shape index (κ2) is 6.55. The summed E-state index contributed by atoms with van der Waals surface area (Å²) in [5.41, 5.74) is 3.05. The molecule has 1 amide bonds. The van der Waals surface area contributed by atoms with E-state index in [4.69, 9.17) is 5.11 Å². The lowest BCUT2D eigenvalue weighted by Gasteiger charge is -2.15. The van der Waals surface area contributed by atoms with Crippen LogP contribution in [0.5, 0.6) is 0 Å². The second-order valence-corrected chi connectivity index (χ2v) is 4.99. The largest absolute Gasteiger partial charge is 0.394 e. The predicted molar refractivity (Wildman–Crippen MR) is 76.0 cm³/mol. The van der Waals surface area contributed by atoms with Crippen molar-refractivity contribution in [2.24, 2.45) is 0 Å². The molecule has 18 heavy (non-hydrogen) atoms. The van der Waals surface area contributed by atoms with Gasteiger partial charge in [-0.1, -0.05) is 26.8 Å². The summed E-state index contributed by atoms with van der Waals surface area (Å²) >= 11 is 0. The zero-order valence-electron chi connectivity index (χ0n) is 11.7. The number of aryl methyl sites for hydroxylation is 1. The Morgan fingerprint density at radius 3 is 2.56 bits per heavy atom. The molecule has 2 N–H and O–H groups in total. The molecule has 0 fully saturated rings. The number of carbonyl (C=O) groups excluding carboxylic acids is 1. The van der Waals surface area contributed by atoms with E-state index in [1.54, 1.807) is 0 Å². The lowest BCUT2D eigenvalue weighted by molar-refractivity contribution is 0.0915. The normalized spacial score (nSPS) is 12.6. The smallest absolute Gasteiger partial charge is 0.251 e. The maximum absolute atomic E-state index is 12.0. The van der Waals surface area contributed by atoms with Crippen molar-refractivity contribution >= 4 is 5.91 Å². The van der Waals surface area contributed by atoms with Crippen molar-refractivity contribution in [2.75, 3.05) is 6.61 Å². The van der Waals surface area contributed by atoms with Crippen molar-refractivity contribution in [3.63, 3.8) is 0 Å². The fourth-order valence-corrected chi connectivity index (χ4v) is 2.01. The van der Waals surface area contributed by atoms with Crippen molar-refractivity contribution in [2.45, 2.75) is 46.1 Å². The zero-order valence-corrected chi connectivity index (χ0v) is 11.7. The molecule has 0 aliphatic carbocycles. The number of hydrogen-bond donors (Lipinski definition) is 2. The minimum absolute atomic E-state index is 0. The van der Waals surface area contributed by atoms with Crippen LogP contribution in [0.25, 0.3) is 0 Å². The van der Waals surface area contributed by atoms with Gasteiger partial charge in [0.1, 0.15) is 0 Å². The van der Waals surface area contributed by atoms with Gasteiger partial charge >= 0.3 is 0 Å². The molecule has 0 heterocycles. The third kappa shape index (κ3) is 3.57. The lowest BCUT2D eigenvalue weighted by atomic mass is 9.96. The van der Waals surface area contributed by atoms with E-state index in [0.717, 1.165) is 12.0 Å². The van der Waals surface area contributed by atoms with Gasteiger partial charge in [0.05, 0.1) is 12.6 Å². The van der Waals surface area contributed by atoms with Crippen molar-refractivity contribution in [3.8, 4) is 0 Å². The van der Waals surface area contributed by atoms with E-state index < -0.39 is 0 Å². The summed E-state index contributed by atoms with van der Waals surface area (Å²) in [7, 11) is 0.